The third-order valence-electron chi connectivity index (χ3n) is 2.41. The predicted octanol–water partition coefficient (Wildman–Crippen LogP) is 2.64. The Morgan fingerprint density at radius 2 is 2.06 bits per heavy atom. The van der Waals surface area contributed by atoms with E-state index in [2.05, 4.69) is 15.0 Å². The lowest BCUT2D eigenvalue weighted by molar-refractivity contribution is 1.12. The summed E-state index contributed by atoms with van der Waals surface area (Å²) in [7, 11) is 0. The molecule has 3 rings (SSSR count). The average Bonchev–Trinajstić information content (AvgIpc) is 2.72. The van der Waals surface area contributed by atoms with Crippen LogP contribution in [0.1, 0.15) is 5.69 Å². The molecular formula is C12H10N4S. The number of rotatable bonds is 1. The summed E-state index contributed by atoms with van der Waals surface area (Å²) in [4.78, 5) is 13.1. The van der Waals surface area contributed by atoms with Crippen LogP contribution in [0.25, 0.3) is 20.9 Å². The second-order valence-corrected chi connectivity index (χ2v) is 4.82. The van der Waals surface area contributed by atoms with Crippen molar-refractivity contribution in [1.82, 2.24) is 15.0 Å². The smallest absolute Gasteiger partial charge is 0.144 e. The number of nitrogens with two attached hydrogens (primary N) is 1. The number of aryl methyl sites for hydroxylation is 1. The van der Waals surface area contributed by atoms with Crippen LogP contribution in [-0.4, -0.2) is 15.0 Å². The van der Waals surface area contributed by atoms with E-state index in [-0.39, 0.29) is 0 Å². The van der Waals surface area contributed by atoms with Crippen LogP contribution in [0.2, 0.25) is 0 Å². The maximum Gasteiger partial charge on any atom is 0.144 e. The van der Waals surface area contributed by atoms with Gasteiger partial charge < -0.3 is 5.73 Å². The van der Waals surface area contributed by atoms with Gasteiger partial charge in [0.15, 0.2) is 0 Å². The zero-order valence-corrected chi connectivity index (χ0v) is 10.0. The van der Waals surface area contributed by atoms with Crippen LogP contribution in [-0.2, 0) is 0 Å². The summed E-state index contributed by atoms with van der Waals surface area (Å²) in [6.45, 7) is 1.91. The van der Waals surface area contributed by atoms with Crippen LogP contribution >= 0.6 is 11.3 Å². The van der Waals surface area contributed by atoms with Crippen LogP contribution < -0.4 is 5.73 Å². The summed E-state index contributed by atoms with van der Waals surface area (Å²) < 4.78 is 1.07. The Labute approximate surface area is 102 Å². The number of thiazole rings is 1. The van der Waals surface area contributed by atoms with Crippen molar-refractivity contribution in [1.29, 1.82) is 0 Å². The Morgan fingerprint density at radius 1 is 1.18 bits per heavy atom. The van der Waals surface area contributed by atoms with Crippen LogP contribution in [0, 0.1) is 6.92 Å². The standard InChI is InChI=1S/C12H10N4S/c1-7-5-15-10(6-14-7)12-16-9-3-2-8(13)4-11(9)17-12/h2-6H,13H2,1H3. The average molecular weight is 242 g/mol. The van der Waals surface area contributed by atoms with Crippen molar-refractivity contribution in [2.75, 3.05) is 5.73 Å². The SMILES string of the molecule is Cc1cnc(-c2nc3ccc(N)cc3s2)cn1. The normalized spacial score (nSPS) is 10.9. The van der Waals surface area contributed by atoms with E-state index in [4.69, 9.17) is 5.73 Å². The minimum atomic E-state index is 0.752. The summed E-state index contributed by atoms with van der Waals surface area (Å²) >= 11 is 1.58. The fraction of sp³-hybridized carbons (Fsp3) is 0.0833. The van der Waals surface area contributed by atoms with E-state index in [0.29, 0.717) is 0 Å². The van der Waals surface area contributed by atoms with E-state index >= 15 is 0 Å². The number of fused-ring (bicyclic) bond motifs is 1. The van der Waals surface area contributed by atoms with Gasteiger partial charge in [-0.3, -0.25) is 9.97 Å². The van der Waals surface area contributed by atoms with E-state index < -0.39 is 0 Å². The molecule has 2 N–H and O–H groups in total. The fourth-order valence-electron chi connectivity index (χ4n) is 1.55. The minimum absolute atomic E-state index is 0.752. The number of aromatic nitrogens is 3. The molecular weight excluding hydrogens is 232 g/mol. The highest BCUT2D eigenvalue weighted by Gasteiger charge is 2.07. The Morgan fingerprint density at radius 3 is 2.82 bits per heavy atom. The molecule has 0 saturated carbocycles. The summed E-state index contributed by atoms with van der Waals surface area (Å²) in [6.07, 6.45) is 3.49. The lowest BCUT2D eigenvalue weighted by Gasteiger charge is -1.94. The van der Waals surface area contributed by atoms with Gasteiger partial charge in [0.05, 0.1) is 22.1 Å². The van der Waals surface area contributed by atoms with Gasteiger partial charge in [-0.25, -0.2) is 4.98 Å². The molecule has 0 saturated heterocycles. The molecule has 0 aliphatic rings. The fourth-order valence-corrected chi connectivity index (χ4v) is 2.53. The maximum absolute atomic E-state index is 5.74. The van der Waals surface area contributed by atoms with Crippen molar-refractivity contribution in [3.05, 3.63) is 36.3 Å². The summed E-state index contributed by atoms with van der Waals surface area (Å²) in [5.74, 6) is 0. The molecule has 1 aromatic carbocycles. The van der Waals surface area contributed by atoms with Gasteiger partial charge in [-0.2, -0.15) is 0 Å². The monoisotopic (exact) mass is 242 g/mol. The number of benzene rings is 1. The molecule has 2 aromatic heterocycles. The van der Waals surface area contributed by atoms with E-state index in [9.17, 15) is 0 Å². The number of nitrogen functional groups attached to an aromatic ring is 1. The van der Waals surface area contributed by atoms with E-state index in [1.165, 1.54) is 0 Å². The van der Waals surface area contributed by atoms with Gasteiger partial charge in [0.1, 0.15) is 10.7 Å². The van der Waals surface area contributed by atoms with E-state index in [0.717, 1.165) is 32.3 Å². The highest BCUT2D eigenvalue weighted by molar-refractivity contribution is 7.21. The van der Waals surface area contributed by atoms with Gasteiger partial charge in [0.25, 0.3) is 0 Å². The maximum atomic E-state index is 5.74. The highest BCUT2D eigenvalue weighted by atomic mass is 32.1. The zero-order valence-electron chi connectivity index (χ0n) is 9.21. The Kier molecular flexibility index (Phi) is 2.26. The molecule has 0 aliphatic heterocycles. The molecule has 0 radical (unpaired) electrons. The quantitative estimate of drug-likeness (QED) is 0.666. The number of nitrogens with zero attached hydrogens (tertiary/aromatic N) is 3. The summed E-state index contributed by atoms with van der Waals surface area (Å²) in [5, 5.41) is 0.873. The number of hydrogen-bond acceptors (Lipinski definition) is 5. The molecule has 0 aliphatic carbocycles. The second-order valence-electron chi connectivity index (χ2n) is 3.79. The first-order valence-electron chi connectivity index (χ1n) is 5.17. The molecule has 0 atom stereocenters. The molecule has 0 bridgehead atoms. The molecule has 17 heavy (non-hydrogen) atoms. The summed E-state index contributed by atoms with van der Waals surface area (Å²) in [6, 6.07) is 5.71. The van der Waals surface area contributed by atoms with Gasteiger partial charge in [-0.15, -0.1) is 11.3 Å². The largest absolute Gasteiger partial charge is 0.399 e. The van der Waals surface area contributed by atoms with Crippen LogP contribution in [0.3, 0.4) is 0 Å². The minimum Gasteiger partial charge on any atom is -0.399 e. The third kappa shape index (κ3) is 1.85. The Hall–Kier alpha value is -2.01. The molecule has 5 heteroatoms. The molecule has 2 heterocycles. The van der Waals surface area contributed by atoms with Crippen molar-refractivity contribution in [3.8, 4) is 10.7 Å². The summed E-state index contributed by atoms with van der Waals surface area (Å²) in [5.41, 5.74) is 9.14. The topological polar surface area (TPSA) is 64.7 Å². The lowest BCUT2D eigenvalue weighted by atomic mass is 10.3. The van der Waals surface area contributed by atoms with E-state index in [1.807, 2.05) is 25.1 Å². The number of hydrogen-bond donors (Lipinski definition) is 1. The molecule has 3 aromatic rings. The van der Waals surface area contributed by atoms with Crippen LogP contribution in [0.5, 0.6) is 0 Å². The Balaban J connectivity index is 2.14. The number of anilines is 1. The first-order valence-corrected chi connectivity index (χ1v) is 5.99. The molecule has 0 amide bonds. The zero-order chi connectivity index (χ0) is 11.8. The predicted molar refractivity (Wildman–Crippen MR) is 69.8 cm³/mol. The second kappa shape index (κ2) is 3.78. The molecule has 0 spiro atoms. The van der Waals surface area contributed by atoms with Gasteiger partial charge in [0.2, 0.25) is 0 Å². The van der Waals surface area contributed by atoms with E-state index in [1.54, 1.807) is 23.7 Å². The Bertz CT molecular complexity index is 673. The van der Waals surface area contributed by atoms with Crippen molar-refractivity contribution in [3.63, 3.8) is 0 Å². The first kappa shape index (κ1) is 10.2. The van der Waals surface area contributed by atoms with Gasteiger partial charge in [-0.05, 0) is 25.1 Å². The molecule has 0 fully saturated rings. The highest BCUT2D eigenvalue weighted by Crippen LogP contribution is 2.29. The first-order chi connectivity index (χ1) is 8.22. The van der Waals surface area contributed by atoms with Crippen molar-refractivity contribution >= 4 is 27.2 Å². The van der Waals surface area contributed by atoms with Gasteiger partial charge in [-0.1, -0.05) is 0 Å². The van der Waals surface area contributed by atoms with Crippen molar-refractivity contribution < 1.29 is 0 Å². The lowest BCUT2D eigenvalue weighted by Crippen LogP contribution is -1.86. The molecule has 4 nitrogen and oxygen atoms in total. The van der Waals surface area contributed by atoms with Gasteiger partial charge >= 0.3 is 0 Å². The van der Waals surface area contributed by atoms with Crippen molar-refractivity contribution in [2.45, 2.75) is 6.92 Å². The van der Waals surface area contributed by atoms with Gasteiger partial charge in [0, 0.05) is 11.9 Å². The van der Waals surface area contributed by atoms with Crippen LogP contribution in [0.4, 0.5) is 5.69 Å². The molecule has 84 valence electrons. The third-order valence-corrected chi connectivity index (χ3v) is 3.45. The van der Waals surface area contributed by atoms with Crippen molar-refractivity contribution in [2.24, 2.45) is 0 Å². The van der Waals surface area contributed by atoms with Crippen LogP contribution in [0.15, 0.2) is 30.6 Å². The molecule has 0 unspecified atom stereocenters.